The first-order chi connectivity index (χ1) is 16.5. The van der Waals surface area contributed by atoms with Crippen LogP contribution in [0.25, 0.3) is 0 Å². The van der Waals surface area contributed by atoms with Gasteiger partial charge in [0.25, 0.3) is 0 Å². The lowest BCUT2D eigenvalue weighted by Crippen LogP contribution is -2.24. The minimum absolute atomic E-state index is 0.148. The molecule has 0 spiro atoms. The van der Waals surface area contributed by atoms with Crippen LogP contribution in [-0.2, 0) is 29.0 Å². The number of carbonyl (C=O) groups excluding carboxylic acids is 4. The van der Waals surface area contributed by atoms with Crippen molar-refractivity contribution in [2.75, 3.05) is 0 Å². The van der Waals surface area contributed by atoms with Crippen molar-refractivity contribution >= 4 is 23.5 Å². The maximum Gasteiger partial charge on any atom is 0.377 e. The molecule has 1 rings (SSSR count). The number of hydrogen-bond donors (Lipinski definition) is 0. The van der Waals surface area contributed by atoms with Crippen LogP contribution >= 0.6 is 0 Å². The lowest BCUT2D eigenvalue weighted by atomic mass is 9.97. The van der Waals surface area contributed by atoms with Crippen molar-refractivity contribution in [3.05, 3.63) is 0 Å². The standard InChI is InChI=1S/C28H48O6/c1-3-5-7-9-11-13-14-16-18-20-22-24(29)33-34-27(32)28(25(30)26(28)31)23-21-19-17-15-12-10-8-6-4-2/h3-23H2,1-2H3. The maximum atomic E-state index is 12.3. The molecule has 0 aromatic heterocycles. The van der Waals surface area contributed by atoms with Gasteiger partial charge in [-0.1, -0.05) is 129 Å². The van der Waals surface area contributed by atoms with Crippen molar-refractivity contribution in [1.29, 1.82) is 0 Å². The number of carbonyl (C=O) groups is 4. The van der Waals surface area contributed by atoms with E-state index in [-0.39, 0.29) is 12.8 Å². The van der Waals surface area contributed by atoms with E-state index in [0.29, 0.717) is 12.8 Å². The number of rotatable bonds is 22. The first-order valence-electron chi connectivity index (χ1n) is 14.0. The molecule has 0 radical (unpaired) electrons. The average molecular weight is 481 g/mol. The van der Waals surface area contributed by atoms with E-state index in [2.05, 4.69) is 23.6 Å². The Hall–Kier alpha value is -1.72. The molecule has 0 aromatic carbocycles. The monoisotopic (exact) mass is 480 g/mol. The van der Waals surface area contributed by atoms with Crippen molar-refractivity contribution in [3.8, 4) is 0 Å². The van der Waals surface area contributed by atoms with Crippen LogP contribution in [0.15, 0.2) is 0 Å². The summed E-state index contributed by atoms with van der Waals surface area (Å²) < 4.78 is 0. The van der Waals surface area contributed by atoms with Gasteiger partial charge >= 0.3 is 11.9 Å². The Labute approximate surface area is 206 Å². The summed E-state index contributed by atoms with van der Waals surface area (Å²) in [5, 5.41) is 0. The second-order valence-corrected chi connectivity index (χ2v) is 9.90. The molecule has 1 saturated carbocycles. The van der Waals surface area contributed by atoms with Crippen molar-refractivity contribution in [2.24, 2.45) is 5.41 Å². The maximum absolute atomic E-state index is 12.3. The van der Waals surface area contributed by atoms with E-state index in [9.17, 15) is 19.2 Å². The van der Waals surface area contributed by atoms with Crippen LogP contribution in [-0.4, -0.2) is 23.5 Å². The molecule has 0 aliphatic heterocycles. The zero-order valence-electron chi connectivity index (χ0n) is 21.8. The average Bonchev–Trinajstić information content (AvgIpc) is 3.37. The summed E-state index contributed by atoms with van der Waals surface area (Å²) in [5.74, 6) is -3.10. The molecule has 0 bridgehead atoms. The van der Waals surface area contributed by atoms with Gasteiger partial charge in [0, 0.05) is 0 Å². The smallest absolute Gasteiger partial charge is 0.289 e. The normalized spacial score (nSPS) is 14.3. The minimum Gasteiger partial charge on any atom is -0.289 e. The molecule has 6 heteroatoms. The Bertz CT molecular complexity index is 598. The number of Topliss-reactive ketones (excluding diaryl/α,β-unsaturated/α-hetero) is 2. The molecule has 0 atom stereocenters. The highest BCUT2D eigenvalue weighted by atomic mass is 17.2. The quantitative estimate of drug-likeness (QED) is 0.0529. The van der Waals surface area contributed by atoms with Crippen LogP contribution in [0.3, 0.4) is 0 Å². The van der Waals surface area contributed by atoms with Gasteiger partial charge in [-0.2, -0.15) is 0 Å². The van der Waals surface area contributed by atoms with Crippen molar-refractivity contribution in [2.45, 2.75) is 149 Å². The van der Waals surface area contributed by atoms with Crippen LogP contribution in [0.4, 0.5) is 0 Å². The molecule has 0 amide bonds. The molecule has 0 aromatic rings. The second-order valence-electron chi connectivity index (χ2n) is 9.90. The van der Waals surface area contributed by atoms with Gasteiger partial charge in [0.2, 0.25) is 17.0 Å². The van der Waals surface area contributed by atoms with E-state index >= 15 is 0 Å². The summed E-state index contributed by atoms with van der Waals surface area (Å²) in [4.78, 5) is 57.1. The molecule has 0 N–H and O–H groups in total. The zero-order valence-corrected chi connectivity index (χ0v) is 21.8. The molecule has 6 nitrogen and oxygen atoms in total. The molecule has 1 aliphatic carbocycles. The lowest BCUT2D eigenvalue weighted by Gasteiger charge is -2.09. The topological polar surface area (TPSA) is 86.7 Å². The lowest BCUT2D eigenvalue weighted by molar-refractivity contribution is -0.263. The second kappa shape index (κ2) is 18.6. The number of unbranched alkanes of at least 4 members (excludes halogenated alkanes) is 17. The van der Waals surface area contributed by atoms with Gasteiger partial charge in [-0.05, 0) is 12.8 Å². The SMILES string of the molecule is CCCCCCCCCCCCC(=O)OOC(=O)C1(CCCCCCCCCCC)C(=O)C1=O. The van der Waals surface area contributed by atoms with E-state index < -0.39 is 28.9 Å². The molecule has 34 heavy (non-hydrogen) atoms. The van der Waals surface area contributed by atoms with Gasteiger partial charge in [0.1, 0.15) is 0 Å². The number of hydrogen-bond acceptors (Lipinski definition) is 6. The van der Waals surface area contributed by atoms with Crippen LogP contribution < -0.4 is 0 Å². The zero-order chi connectivity index (χ0) is 25.1. The summed E-state index contributed by atoms with van der Waals surface area (Å²) in [6.07, 6.45) is 21.7. The summed E-state index contributed by atoms with van der Waals surface area (Å²) in [6.45, 7) is 4.41. The molecule has 1 fully saturated rings. The van der Waals surface area contributed by atoms with Crippen molar-refractivity contribution < 1.29 is 29.0 Å². The van der Waals surface area contributed by atoms with Gasteiger partial charge in [-0.3, -0.25) is 9.59 Å². The fraction of sp³-hybridized carbons (Fsp3) is 0.857. The Morgan fingerprint density at radius 3 is 1.35 bits per heavy atom. The highest BCUT2D eigenvalue weighted by molar-refractivity contribution is 6.69. The van der Waals surface area contributed by atoms with Crippen molar-refractivity contribution in [1.82, 2.24) is 0 Å². The summed E-state index contributed by atoms with van der Waals surface area (Å²) in [6, 6.07) is 0. The third-order valence-electron chi connectivity index (χ3n) is 6.87. The van der Waals surface area contributed by atoms with Crippen LogP contribution in [0, 0.1) is 5.41 Å². The molecule has 0 saturated heterocycles. The fourth-order valence-corrected chi connectivity index (χ4v) is 4.44. The first-order valence-corrected chi connectivity index (χ1v) is 14.0. The number of ketones is 2. The van der Waals surface area contributed by atoms with Gasteiger partial charge in [0.05, 0.1) is 6.42 Å². The van der Waals surface area contributed by atoms with E-state index in [0.717, 1.165) is 32.1 Å². The predicted octanol–water partition coefficient (Wildman–Crippen LogP) is 7.36. The third-order valence-corrected chi connectivity index (χ3v) is 6.87. The molecule has 0 heterocycles. The molecule has 0 unspecified atom stereocenters. The first kappa shape index (κ1) is 30.3. The largest absolute Gasteiger partial charge is 0.377 e. The van der Waals surface area contributed by atoms with E-state index in [1.807, 2.05) is 0 Å². The van der Waals surface area contributed by atoms with Gasteiger partial charge in [-0.25, -0.2) is 19.4 Å². The fourth-order valence-electron chi connectivity index (χ4n) is 4.44. The highest BCUT2D eigenvalue weighted by Gasteiger charge is 2.72. The minimum atomic E-state index is -1.72. The Morgan fingerprint density at radius 1 is 0.559 bits per heavy atom. The van der Waals surface area contributed by atoms with Crippen LogP contribution in [0.1, 0.15) is 149 Å². The van der Waals surface area contributed by atoms with E-state index in [4.69, 9.17) is 0 Å². The molecular weight excluding hydrogens is 432 g/mol. The highest BCUT2D eigenvalue weighted by Crippen LogP contribution is 2.43. The van der Waals surface area contributed by atoms with E-state index in [1.54, 1.807) is 0 Å². The predicted molar refractivity (Wildman–Crippen MR) is 133 cm³/mol. The van der Waals surface area contributed by atoms with Gasteiger partial charge in [0.15, 0.2) is 0 Å². The summed E-state index contributed by atoms with van der Waals surface area (Å²) in [7, 11) is 0. The summed E-state index contributed by atoms with van der Waals surface area (Å²) in [5.41, 5.74) is -1.72. The molecule has 196 valence electrons. The molecule has 1 aliphatic rings. The van der Waals surface area contributed by atoms with E-state index in [1.165, 1.54) is 77.0 Å². The van der Waals surface area contributed by atoms with Gasteiger partial charge < -0.3 is 0 Å². The third kappa shape index (κ3) is 11.6. The van der Waals surface area contributed by atoms with Gasteiger partial charge in [-0.15, -0.1) is 0 Å². The van der Waals surface area contributed by atoms with Crippen LogP contribution in [0.2, 0.25) is 0 Å². The summed E-state index contributed by atoms with van der Waals surface area (Å²) >= 11 is 0. The van der Waals surface area contributed by atoms with Crippen molar-refractivity contribution in [3.63, 3.8) is 0 Å². The molecular formula is C28H48O6. The Morgan fingerprint density at radius 2 is 0.941 bits per heavy atom. The Kier molecular flexibility index (Phi) is 16.6. The van der Waals surface area contributed by atoms with Crippen LogP contribution in [0.5, 0.6) is 0 Å². The Balaban J connectivity index is 2.11.